The van der Waals surface area contributed by atoms with E-state index in [0.29, 0.717) is 12.5 Å². The third-order valence-corrected chi connectivity index (χ3v) is 3.04. The second-order valence-corrected chi connectivity index (χ2v) is 4.37. The van der Waals surface area contributed by atoms with Crippen molar-refractivity contribution in [2.75, 3.05) is 13.7 Å². The number of hydrogen-bond donors (Lipinski definition) is 2. The van der Waals surface area contributed by atoms with Crippen LogP contribution in [-0.4, -0.2) is 30.5 Å². The Morgan fingerprint density at radius 1 is 1.69 bits per heavy atom. The topological polar surface area (TPSA) is 55.5 Å². The maximum atomic E-state index is 10.2. The fraction of sp³-hybridized carbons (Fsp3) is 1.00. The van der Waals surface area contributed by atoms with Crippen molar-refractivity contribution in [1.82, 2.24) is 0 Å². The maximum Gasteiger partial charge on any atom is 0.0823 e. The van der Waals surface area contributed by atoms with Crippen molar-refractivity contribution in [3.63, 3.8) is 0 Å². The van der Waals surface area contributed by atoms with Crippen LogP contribution in [0.5, 0.6) is 0 Å². The Morgan fingerprint density at radius 3 is 2.92 bits per heavy atom. The summed E-state index contributed by atoms with van der Waals surface area (Å²) in [5.74, 6) is 0.585. The molecule has 3 heteroatoms. The molecule has 13 heavy (non-hydrogen) atoms. The van der Waals surface area contributed by atoms with Gasteiger partial charge in [0.2, 0.25) is 0 Å². The lowest BCUT2D eigenvalue weighted by Gasteiger charge is -2.39. The molecule has 3 N–H and O–H groups in total. The van der Waals surface area contributed by atoms with Gasteiger partial charge in [-0.25, -0.2) is 0 Å². The minimum atomic E-state index is -0.687. The SMILES string of the molecule is COCC(N)C1(O)CCCC(C)C1. The van der Waals surface area contributed by atoms with Gasteiger partial charge >= 0.3 is 0 Å². The van der Waals surface area contributed by atoms with E-state index >= 15 is 0 Å². The quantitative estimate of drug-likeness (QED) is 0.690. The van der Waals surface area contributed by atoms with Crippen molar-refractivity contribution < 1.29 is 9.84 Å². The first kappa shape index (κ1) is 11.0. The van der Waals surface area contributed by atoms with Crippen LogP contribution in [0, 0.1) is 5.92 Å². The summed E-state index contributed by atoms with van der Waals surface area (Å²) in [5.41, 5.74) is 5.19. The van der Waals surface area contributed by atoms with E-state index in [-0.39, 0.29) is 6.04 Å². The molecule has 0 aromatic carbocycles. The highest BCUT2D eigenvalue weighted by atomic mass is 16.5. The molecule has 3 atom stereocenters. The average molecular weight is 187 g/mol. The minimum absolute atomic E-state index is 0.236. The molecule has 0 amide bonds. The smallest absolute Gasteiger partial charge is 0.0823 e. The fourth-order valence-corrected chi connectivity index (χ4v) is 2.24. The first-order valence-corrected chi connectivity index (χ1v) is 5.05. The van der Waals surface area contributed by atoms with Crippen LogP contribution in [0.4, 0.5) is 0 Å². The lowest BCUT2D eigenvalue weighted by atomic mass is 9.75. The van der Waals surface area contributed by atoms with Crippen molar-refractivity contribution >= 4 is 0 Å². The van der Waals surface area contributed by atoms with E-state index in [9.17, 15) is 5.11 Å². The number of aliphatic hydroxyl groups is 1. The molecule has 0 aromatic heterocycles. The Labute approximate surface area is 80.3 Å². The molecule has 0 saturated heterocycles. The minimum Gasteiger partial charge on any atom is -0.388 e. The van der Waals surface area contributed by atoms with Crippen LogP contribution in [0.1, 0.15) is 32.6 Å². The Hall–Kier alpha value is -0.120. The summed E-state index contributed by atoms with van der Waals surface area (Å²) in [6, 6.07) is -0.236. The second-order valence-electron chi connectivity index (χ2n) is 4.37. The second kappa shape index (κ2) is 4.40. The predicted molar refractivity (Wildman–Crippen MR) is 52.4 cm³/mol. The van der Waals surface area contributed by atoms with Crippen LogP contribution in [0.3, 0.4) is 0 Å². The summed E-state index contributed by atoms with van der Waals surface area (Å²) in [6.07, 6.45) is 3.93. The molecule has 78 valence electrons. The van der Waals surface area contributed by atoms with E-state index in [1.54, 1.807) is 7.11 Å². The molecular formula is C10H21NO2. The van der Waals surface area contributed by atoms with E-state index in [1.165, 1.54) is 6.42 Å². The molecule has 0 aliphatic heterocycles. The molecular weight excluding hydrogens is 166 g/mol. The molecule has 0 aromatic rings. The van der Waals surface area contributed by atoms with E-state index in [4.69, 9.17) is 10.5 Å². The van der Waals surface area contributed by atoms with Crippen molar-refractivity contribution in [2.24, 2.45) is 11.7 Å². The molecule has 3 nitrogen and oxygen atoms in total. The average Bonchev–Trinajstić information content (AvgIpc) is 2.04. The van der Waals surface area contributed by atoms with Crippen LogP contribution in [0.15, 0.2) is 0 Å². The molecule has 1 rings (SSSR count). The van der Waals surface area contributed by atoms with Crippen molar-refractivity contribution in [1.29, 1.82) is 0 Å². The molecule has 0 heterocycles. The molecule has 1 aliphatic rings. The Bertz CT molecular complexity index is 163. The maximum absolute atomic E-state index is 10.2. The molecule has 1 fully saturated rings. The van der Waals surface area contributed by atoms with Gasteiger partial charge in [-0.2, -0.15) is 0 Å². The van der Waals surface area contributed by atoms with Crippen LogP contribution in [0.2, 0.25) is 0 Å². The number of methoxy groups -OCH3 is 1. The van der Waals surface area contributed by atoms with Crippen LogP contribution < -0.4 is 5.73 Å². The number of ether oxygens (including phenoxy) is 1. The zero-order valence-electron chi connectivity index (χ0n) is 8.62. The highest BCUT2D eigenvalue weighted by Crippen LogP contribution is 2.33. The van der Waals surface area contributed by atoms with Crippen LogP contribution in [0.25, 0.3) is 0 Å². The first-order chi connectivity index (χ1) is 6.08. The fourth-order valence-electron chi connectivity index (χ4n) is 2.24. The Kier molecular flexibility index (Phi) is 3.71. The first-order valence-electron chi connectivity index (χ1n) is 5.05. The molecule has 3 unspecified atom stereocenters. The van der Waals surface area contributed by atoms with Gasteiger partial charge in [0.15, 0.2) is 0 Å². The predicted octanol–water partition coefficient (Wildman–Crippen LogP) is 0.901. The van der Waals surface area contributed by atoms with Crippen molar-refractivity contribution in [2.45, 2.75) is 44.2 Å². The Morgan fingerprint density at radius 2 is 2.38 bits per heavy atom. The van der Waals surface area contributed by atoms with Crippen molar-refractivity contribution in [3.05, 3.63) is 0 Å². The van der Waals surface area contributed by atoms with Crippen molar-refractivity contribution in [3.8, 4) is 0 Å². The molecule has 1 aliphatic carbocycles. The van der Waals surface area contributed by atoms with Gasteiger partial charge in [0.05, 0.1) is 18.2 Å². The Balaban J connectivity index is 2.52. The van der Waals surface area contributed by atoms with Gasteiger partial charge in [0.25, 0.3) is 0 Å². The van der Waals surface area contributed by atoms with E-state index in [1.807, 2.05) is 0 Å². The van der Waals surface area contributed by atoms with Gasteiger partial charge in [-0.15, -0.1) is 0 Å². The third kappa shape index (κ3) is 2.66. The van der Waals surface area contributed by atoms with Gasteiger partial charge in [-0.05, 0) is 18.8 Å². The lowest BCUT2D eigenvalue weighted by Crippen LogP contribution is -2.52. The highest BCUT2D eigenvalue weighted by Gasteiger charge is 2.37. The van der Waals surface area contributed by atoms with Crippen LogP contribution in [-0.2, 0) is 4.74 Å². The normalized spacial score (nSPS) is 37.4. The van der Waals surface area contributed by atoms with E-state index in [0.717, 1.165) is 19.3 Å². The summed E-state index contributed by atoms with van der Waals surface area (Å²) in [6.45, 7) is 2.62. The number of hydrogen-bond acceptors (Lipinski definition) is 3. The number of nitrogens with two attached hydrogens (primary N) is 1. The highest BCUT2D eigenvalue weighted by molar-refractivity contribution is 4.93. The zero-order chi connectivity index (χ0) is 9.90. The molecule has 0 bridgehead atoms. The summed E-state index contributed by atoms with van der Waals surface area (Å²) in [4.78, 5) is 0. The standard InChI is InChI=1S/C10H21NO2/c1-8-4-3-5-10(12,6-8)9(11)7-13-2/h8-9,12H,3-7,11H2,1-2H3. The summed E-state index contributed by atoms with van der Waals surface area (Å²) in [7, 11) is 1.62. The van der Waals surface area contributed by atoms with Gasteiger partial charge in [-0.3, -0.25) is 0 Å². The number of rotatable bonds is 3. The molecule has 0 radical (unpaired) electrons. The monoisotopic (exact) mass is 187 g/mol. The summed E-state index contributed by atoms with van der Waals surface area (Å²) < 4.78 is 4.97. The zero-order valence-corrected chi connectivity index (χ0v) is 8.62. The summed E-state index contributed by atoms with van der Waals surface area (Å²) in [5, 5.41) is 10.2. The van der Waals surface area contributed by atoms with E-state index < -0.39 is 5.60 Å². The van der Waals surface area contributed by atoms with Gasteiger partial charge in [0.1, 0.15) is 0 Å². The summed E-state index contributed by atoms with van der Waals surface area (Å²) >= 11 is 0. The van der Waals surface area contributed by atoms with Gasteiger partial charge in [0, 0.05) is 7.11 Å². The van der Waals surface area contributed by atoms with Crippen LogP contribution >= 0.6 is 0 Å². The lowest BCUT2D eigenvalue weighted by molar-refractivity contribution is -0.0518. The van der Waals surface area contributed by atoms with E-state index in [2.05, 4.69) is 6.92 Å². The molecule has 0 spiro atoms. The molecule has 1 saturated carbocycles. The van der Waals surface area contributed by atoms with Gasteiger partial charge < -0.3 is 15.6 Å². The largest absolute Gasteiger partial charge is 0.388 e. The third-order valence-electron chi connectivity index (χ3n) is 3.04. The van der Waals surface area contributed by atoms with Gasteiger partial charge in [-0.1, -0.05) is 19.8 Å².